The van der Waals surface area contributed by atoms with E-state index in [0.717, 1.165) is 27.4 Å². The SMILES string of the molecule is Cc1ccc(C2=NN(S(C)(=O)=O)[C@H](c3ccc(F)cc3)C2)cc1. The van der Waals surface area contributed by atoms with Crippen molar-refractivity contribution in [2.24, 2.45) is 5.10 Å². The lowest BCUT2D eigenvalue weighted by Crippen LogP contribution is -2.25. The molecule has 2 aromatic rings. The molecule has 23 heavy (non-hydrogen) atoms. The molecule has 0 spiro atoms. The van der Waals surface area contributed by atoms with Crippen LogP contribution in [-0.2, 0) is 10.0 Å². The summed E-state index contributed by atoms with van der Waals surface area (Å²) in [7, 11) is -3.51. The first kappa shape index (κ1) is 15.7. The Bertz CT molecular complexity index is 843. The first-order chi connectivity index (χ1) is 10.8. The molecule has 120 valence electrons. The minimum atomic E-state index is -3.51. The van der Waals surface area contributed by atoms with E-state index in [1.807, 2.05) is 31.2 Å². The molecule has 6 heteroatoms. The van der Waals surface area contributed by atoms with Crippen molar-refractivity contribution >= 4 is 15.7 Å². The number of hydrogen-bond acceptors (Lipinski definition) is 3. The van der Waals surface area contributed by atoms with Crippen molar-refractivity contribution in [3.8, 4) is 0 Å². The lowest BCUT2D eigenvalue weighted by molar-refractivity contribution is 0.374. The van der Waals surface area contributed by atoms with Crippen LogP contribution < -0.4 is 0 Å². The minimum Gasteiger partial charge on any atom is -0.207 e. The fraction of sp³-hybridized carbons (Fsp3) is 0.235. The van der Waals surface area contributed by atoms with E-state index >= 15 is 0 Å². The number of hydrazone groups is 1. The molecule has 1 aliphatic heterocycles. The number of aryl methyl sites for hydroxylation is 1. The van der Waals surface area contributed by atoms with Gasteiger partial charge in [0, 0.05) is 6.42 Å². The zero-order valence-corrected chi connectivity index (χ0v) is 13.7. The maximum atomic E-state index is 13.1. The van der Waals surface area contributed by atoms with Crippen LogP contribution in [-0.4, -0.2) is 24.8 Å². The second-order valence-corrected chi connectivity index (χ2v) is 7.56. The number of rotatable bonds is 3. The first-order valence-corrected chi connectivity index (χ1v) is 9.09. The molecular weight excluding hydrogens is 315 g/mol. The monoisotopic (exact) mass is 332 g/mol. The molecule has 3 rings (SSSR count). The summed E-state index contributed by atoms with van der Waals surface area (Å²) in [6.07, 6.45) is 1.59. The second-order valence-electron chi connectivity index (χ2n) is 5.72. The van der Waals surface area contributed by atoms with E-state index in [1.165, 1.54) is 12.1 Å². The molecule has 0 aliphatic carbocycles. The summed E-state index contributed by atoms with van der Waals surface area (Å²) in [5.41, 5.74) is 3.46. The first-order valence-electron chi connectivity index (χ1n) is 7.24. The maximum absolute atomic E-state index is 13.1. The Balaban J connectivity index is 1.99. The molecule has 0 saturated heterocycles. The maximum Gasteiger partial charge on any atom is 0.247 e. The van der Waals surface area contributed by atoms with Gasteiger partial charge in [-0.25, -0.2) is 12.8 Å². The highest BCUT2D eigenvalue weighted by atomic mass is 32.2. The molecule has 0 bridgehead atoms. The molecule has 0 unspecified atom stereocenters. The van der Waals surface area contributed by atoms with Gasteiger partial charge in [0.1, 0.15) is 5.82 Å². The predicted molar refractivity (Wildman–Crippen MR) is 88.2 cm³/mol. The molecule has 0 fully saturated rings. The van der Waals surface area contributed by atoms with Crippen LogP contribution in [0.3, 0.4) is 0 Å². The van der Waals surface area contributed by atoms with Gasteiger partial charge in [-0.1, -0.05) is 42.0 Å². The molecule has 4 nitrogen and oxygen atoms in total. The largest absolute Gasteiger partial charge is 0.247 e. The van der Waals surface area contributed by atoms with Gasteiger partial charge in [-0.15, -0.1) is 0 Å². The third kappa shape index (κ3) is 3.27. The topological polar surface area (TPSA) is 49.7 Å². The predicted octanol–water partition coefficient (Wildman–Crippen LogP) is 3.24. The number of hydrogen-bond donors (Lipinski definition) is 0. The summed E-state index contributed by atoms with van der Waals surface area (Å²) in [5.74, 6) is -0.350. The van der Waals surface area contributed by atoms with E-state index in [-0.39, 0.29) is 5.82 Å². The molecule has 2 aromatic carbocycles. The van der Waals surface area contributed by atoms with Gasteiger partial charge in [0.15, 0.2) is 0 Å². The molecule has 0 N–H and O–H groups in total. The van der Waals surface area contributed by atoms with Crippen LogP contribution in [0.5, 0.6) is 0 Å². The van der Waals surface area contributed by atoms with E-state index in [2.05, 4.69) is 5.10 Å². The average Bonchev–Trinajstić information content (AvgIpc) is 2.94. The van der Waals surface area contributed by atoms with Gasteiger partial charge < -0.3 is 0 Å². The van der Waals surface area contributed by atoms with E-state index < -0.39 is 16.1 Å². The molecule has 0 amide bonds. The van der Waals surface area contributed by atoms with Crippen LogP contribution in [0.4, 0.5) is 4.39 Å². The zero-order chi connectivity index (χ0) is 16.6. The zero-order valence-electron chi connectivity index (χ0n) is 12.9. The minimum absolute atomic E-state index is 0.350. The van der Waals surface area contributed by atoms with Crippen molar-refractivity contribution < 1.29 is 12.8 Å². The van der Waals surface area contributed by atoms with Gasteiger partial charge in [-0.3, -0.25) is 0 Å². The summed E-state index contributed by atoms with van der Waals surface area (Å²) in [4.78, 5) is 0. The van der Waals surface area contributed by atoms with Crippen molar-refractivity contribution in [3.05, 3.63) is 71.0 Å². The highest BCUT2D eigenvalue weighted by Gasteiger charge is 2.34. The van der Waals surface area contributed by atoms with Crippen LogP contribution in [0.2, 0.25) is 0 Å². The molecule has 1 atom stereocenters. The number of sulfonamides is 1. The Hall–Kier alpha value is -2.21. The van der Waals surface area contributed by atoms with Gasteiger partial charge in [0.2, 0.25) is 10.0 Å². The highest BCUT2D eigenvalue weighted by molar-refractivity contribution is 7.88. The van der Waals surface area contributed by atoms with Gasteiger partial charge >= 0.3 is 0 Å². The lowest BCUT2D eigenvalue weighted by atomic mass is 9.99. The standard InChI is InChI=1S/C17H17FN2O2S/c1-12-3-5-13(6-4-12)16-11-17(20(19-16)23(2,21)22)14-7-9-15(18)10-8-14/h3-10,17H,11H2,1-2H3/t17-/m0/s1. The molecule has 1 aliphatic rings. The van der Waals surface area contributed by atoms with Gasteiger partial charge in [0.05, 0.1) is 18.0 Å². The average molecular weight is 332 g/mol. The van der Waals surface area contributed by atoms with E-state index in [9.17, 15) is 12.8 Å². The summed E-state index contributed by atoms with van der Waals surface area (Å²) in [5, 5.41) is 4.31. The number of nitrogens with zero attached hydrogens (tertiary/aromatic N) is 2. The second kappa shape index (κ2) is 5.77. The third-order valence-electron chi connectivity index (χ3n) is 3.85. The van der Waals surface area contributed by atoms with E-state index in [1.54, 1.807) is 12.1 Å². The normalized spacial score (nSPS) is 18.1. The van der Waals surface area contributed by atoms with Crippen LogP contribution in [0.25, 0.3) is 0 Å². The molecule has 0 radical (unpaired) electrons. The Morgan fingerprint density at radius 3 is 2.26 bits per heavy atom. The van der Waals surface area contributed by atoms with Gasteiger partial charge in [0.25, 0.3) is 0 Å². The molecule has 1 heterocycles. The number of halogens is 1. The van der Waals surface area contributed by atoms with Crippen molar-refractivity contribution in [2.45, 2.75) is 19.4 Å². The smallest absolute Gasteiger partial charge is 0.207 e. The van der Waals surface area contributed by atoms with E-state index in [0.29, 0.717) is 12.1 Å². The Labute approximate surface area is 135 Å². The summed E-state index contributed by atoms with van der Waals surface area (Å²) >= 11 is 0. The molecule has 0 saturated carbocycles. The van der Waals surface area contributed by atoms with Crippen LogP contribution in [0, 0.1) is 12.7 Å². The summed E-state index contributed by atoms with van der Waals surface area (Å²) in [6.45, 7) is 1.99. The molecule has 0 aromatic heterocycles. The number of benzene rings is 2. The lowest BCUT2D eigenvalue weighted by Gasteiger charge is -2.21. The molecular formula is C17H17FN2O2S. The van der Waals surface area contributed by atoms with Crippen molar-refractivity contribution in [3.63, 3.8) is 0 Å². The quantitative estimate of drug-likeness (QED) is 0.866. The van der Waals surface area contributed by atoms with Gasteiger partial charge in [-0.2, -0.15) is 9.52 Å². The van der Waals surface area contributed by atoms with Crippen molar-refractivity contribution in [2.75, 3.05) is 6.26 Å². The Kier molecular flexibility index (Phi) is 3.93. The Morgan fingerprint density at radius 1 is 1.09 bits per heavy atom. The fourth-order valence-electron chi connectivity index (χ4n) is 2.65. The third-order valence-corrected chi connectivity index (χ3v) is 4.87. The van der Waals surface area contributed by atoms with Crippen LogP contribution >= 0.6 is 0 Å². The van der Waals surface area contributed by atoms with Crippen molar-refractivity contribution in [1.29, 1.82) is 0 Å². The summed E-state index contributed by atoms with van der Waals surface area (Å²) < 4.78 is 38.4. The van der Waals surface area contributed by atoms with Crippen molar-refractivity contribution in [1.82, 2.24) is 4.41 Å². The van der Waals surface area contributed by atoms with Crippen LogP contribution in [0.1, 0.15) is 29.2 Å². The van der Waals surface area contributed by atoms with Gasteiger partial charge in [-0.05, 0) is 30.2 Å². The van der Waals surface area contributed by atoms with Crippen LogP contribution in [0.15, 0.2) is 53.6 Å². The highest BCUT2D eigenvalue weighted by Crippen LogP contribution is 2.34. The fourth-order valence-corrected chi connectivity index (χ4v) is 3.55. The summed E-state index contributed by atoms with van der Waals surface area (Å²) in [6, 6.07) is 13.2. The van der Waals surface area contributed by atoms with E-state index in [4.69, 9.17) is 0 Å². The Morgan fingerprint density at radius 2 is 1.70 bits per heavy atom.